The third-order valence-corrected chi connectivity index (χ3v) is 1.63. The monoisotopic (exact) mass is 193 g/mol. The van der Waals surface area contributed by atoms with Gasteiger partial charge in [0.2, 0.25) is 5.95 Å². The second-order valence-electron chi connectivity index (χ2n) is 2.46. The number of nitrogens with zero attached hydrogens (tertiary/aromatic N) is 1. The number of carboxylic acid groups (broad SMARTS) is 1. The van der Waals surface area contributed by atoms with Crippen LogP contribution in [0.2, 0.25) is 0 Å². The number of H-pyrrole nitrogens is 1. The molecule has 2 rings (SSSR count). The predicted octanol–water partition coefficient (Wildman–Crippen LogP) is 1.31. The molecule has 14 heavy (non-hydrogen) atoms. The summed E-state index contributed by atoms with van der Waals surface area (Å²) >= 11 is 0. The summed E-state index contributed by atoms with van der Waals surface area (Å²) in [6.07, 6.45) is 0. The number of aromatic amines is 1. The fourth-order valence-electron chi connectivity index (χ4n) is 1.07. The predicted molar refractivity (Wildman–Crippen MR) is 54.3 cm³/mol. The van der Waals surface area contributed by atoms with E-state index in [-0.39, 0.29) is 6.47 Å². The van der Waals surface area contributed by atoms with Crippen molar-refractivity contribution in [2.45, 2.75) is 0 Å². The summed E-state index contributed by atoms with van der Waals surface area (Å²) in [5, 5.41) is 9.84. The first-order valence-corrected chi connectivity index (χ1v) is 4.02. The summed E-state index contributed by atoms with van der Waals surface area (Å²) in [7, 11) is 1.84. The average molecular weight is 193 g/mol. The molecule has 5 nitrogen and oxygen atoms in total. The van der Waals surface area contributed by atoms with Crippen LogP contribution in [-0.4, -0.2) is 28.6 Å². The van der Waals surface area contributed by atoms with Crippen molar-refractivity contribution < 1.29 is 9.90 Å². The zero-order chi connectivity index (χ0) is 10.4. The van der Waals surface area contributed by atoms with Crippen molar-refractivity contribution in [3.63, 3.8) is 0 Å². The molecular weight excluding hydrogens is 182 g/mol. The number of carbonyl (C=O) groups is 1. The Morgan fingerprint density at radius 1 is 1.50 bits per heavy atom. The minimum atomic E-state index is -0.250. The van der Waals surface area contributed by atoms with Gasteiger partial charge in [-0.3, -0.25) is 4.79 Å². The lowest BCUT2D eigenvalue weighted by atomic mass is 10.3. The number of para-hydroxylation sites is 2. The van der Waals surface area contributed by atoms with E-state index in [1.54, 1.807) is 0 Å². The first-order chi connectivity index (χ1) is 6.81. The van der Waals surface area contributed by atoms with Crippen LogP contribution in [0.3, 0.4) is 0 Å². The Kier molecular flexibility index (Phi) is 3.49. The van der Waals surface area contributed by atoms with Gasteiger partial charge in [0.25, 0.3) is 6.47 Å². The van der Waals surface area contributed by atoms with Gasteiger partial charge >= 0.3 is 0 Å². The van der Waals surface area contributed by atoms with E-state index in [4.69, 9.17) is 9.90 Å². The number of aromatic nitrogens is 2. The second kappa shape index (κ2) is 4.86. The molecule has 0 radical (unpaired) electrons. The number of rotatable bonds is 1. The molecule has 1 aromatic carbocycles. The van der Waals surface area contributed by atoms with E-state index in [9.17, 15) is 0 Å². The van der Waals surface area contributed by atoms with Crippen molar-refractivity contribution in [3.05, 3.63) is 24.3 Å². The molecule has 0 aliphatic rings. The summed E-state index contributed by atoms with van der Waals surface area (Å²) in [6.45, 7) is -0.250. The number of anilines is 1. The zero-order valence-electron chi connectivity index (χ0n) is 7.69. The van der Waals surface area contributed by atoms with Gasteiger partial charge in [0, 0.05) is 7.05 Å². The van der Waals surface area contributed by atoms with E-state index in [2.05, 4.69) is 15.3 Å². The van der Waals surface area contributed by atoms with Crippen LogP contribution < -0.4 is 5.32 Å². The highest BCUT2D eigenvalue weighted by atomic mass is 16.3. The van der Waals surface area contributed by atoms with Gasteiger partial charge in [0.05, 0.1) is 11.0 Å². The maximum atomic E-state index is 8.36. The van der Waals surface area contributed by atoms with E-state index in [0.717, 1.165) is 17.0 Å². The maximum Gasteiger partial charge on any atom is 0.290 e. The summed E-state index contributed by atoms with van der Waals surface area (Å²) in [6, 6.07) is 7.94. The number of hydrogen-bond acceptors (Lipinski definition) is 3. The molecule has 0 saturated carbocycles. The SMILES string of the molecule is CNc1nc2ccccc2[nH]1.O=CO. The molecule has 0 amide bonds. The molecular formula is C9H11N3O2. The first-order valence-electron chi connectivity index (χ1n) is 4.02. The van der Waals surface area contributed by atoms with Crippen LogP contribution in [-0.2, 0) is 4.79 Å². The molecule has 0 bridgehead atoms. The van der Waals surface area contributed by atoms with Gasteiger partial charge in [-0.15, -0.1) is 0 Å². The Hall–Kier alpha value is -2.04. The third kappa shape index (κ3) is 2.22. The molecule has 0 atom stereocenters. The average Bonchev–Trinajstić information content (AvgIpc) is 2.61. The Morgan fingerprint density at radius 2 is 2.14 bits per heavy atom. The van der Waals surface area contributed by atoms with E-state index in [0.29, 0.717) is 0 Å². The Labute approximate surface area is 80.8 Å². The normalized spacial score (nSPS) is 8.93. The summed E-state index contributed by atoms with van der Waals surface area (Å²) < 4.78 is 0. The van der Waals surface area contributed by atoms with E-state index in [1.807, 2.05) is 31.3 Å². The van der Waals surface area contributed by atoms with Crippen LogP contribution in [0.25, 0.3) is 11.0 Å². The summed E-state index contributed by atoms with van der Waals surface area (Å²) in [5.41, 5.74) is 2.06. The van der Waals surface area contributed by atoms with Gasteiger partial charge in [-0.25, -0.2) is 4.98 Å². The fourth-order valence-corrected chi connectivity index (χ4v) is 1.07. The van der Waals surface area contributed by atoms with Crippen LogP contribution >= 0.6 is 0 Å². The lowest BCUT2D eigenvalue weighted by Crippen LogP contribution is -1.88. The molecule has 0 aliphatic carbocycles. The highest BCUT2D eigenvalue weighted by molar-refractivity contribution is 5.77. The summed E-state index contributed by atoms with van der Waals surface area (Å²) in [4.78, 5) is 15.7. The molecule has 1 heterocycles. The molecule has 0 unspecified atom stereocenters. The van der Waals surface area contributed by atoms with E-state index in [1.165, 1.54) is 0 Å². The van der Waals surface area contributed by atoms with Gasteiger partial charge < -0.3 is 15.4 Å². The largest absolute Gasteiger partial charge is 0.483 e. The molecule has 74 valence electrons. The highest BCUT2D eigenvalue weighted by Gasteiger charge is 1.96. The van der Waals surface area contributed by atoms with Crippen molar-refractivity contribution in [3.8, 4) is 0 Å². The lowest BCUT2D eigenvalue weighted by molar-refractivity contribution is -0.122. The topological polar surface area (TPSA) is 78.0 Å². The quantitative estimate of drug-likeness (QED) is 0.596. The molecule has 2 aromatic rings. The molecule has 1 aromatic heterocycles. The standard InChI is InChI=1S/C8H9N3.CH2O2/c1-9-8-10-6-4-2-3-5-7(6)11-8;2-1-3/h2-5H,1H3,(H2,9,10,11);1H,(H,2,3). The van der Waals surface area contributed by atoms with E-state index < -0.39 is 0 Å². The van der Waals surface area contributed by atoms with Crippen LogP contribution in [0, 0.1) is 0 Å². The second-order valence-corrected chi connectivity index (χ2v) is 2.46. The first kappa shape index (κ1) is 10.0. The van der Waals surface area contributed by atoms with E-state index >= 15 is 0 Å². The summed E-state index contributed by atoms with van der Waals surface area (Å²) in [5.74, 6) is 0.811. The minimum absolute atomic E-state index is 0.250. The van der Waals surface area contributed by atoms with Crippen LogP contribution in [0.15, 0.2) is 24.3 Å². The number of fused-ring (bicyclic) bond motifs is 1. The highest BCUT2D eigenvalue weighted by Crippen LogP contribution is 2.11. The van der Waals surface area contributed by atoms with Gasteiger partial charge in [0.15, 0.2) is 0 Å². The smallest absolute Gasteiger partial charge is 0.290 e. The Balaban J connectivity index is 0.000000293. The van der Waals surface area contributed by atoms with Crippen molar-refractivity contribution >= 4 is 23.5 Å². The van der Waals surface area contributed by atoms with Gasteiger partial charge in [-0.05, 0) is 12.1 Å². The molecule has 0 saturated heterocycles. The molecule has 5 heteroatoms. The van der Waals surface area contributed by atoms with Crippen molar-refractivity contribution in [2.24, 2.45) is 0 Å². The number of hydrogen-bond donors (Lipinski definition) is 3. The van der Waals surface area contributed by atoms with Crippen LogP contribution in [0.4, 0.5) is 5.95 Å². The van der Waals surface area contributed by atoms with Gasteiger partial charge in [-0.1, -0.05) is 12.1 Å². The molecule has 0 spiro atoms. The maximum absolute atomic E-state index is 8.36. The molecule has 0 fully saturated rings. The van der Waals surface area contributed by atoms with Crippen LogP contribution in [0.5, 0.6) is 0 Å². The minimum Gasteiger partial charge on any atom is -0.483 e. The number of benzene rings is 1. The van der Waals surface area contributed by atoms with Crippen LogP contribution in [0.1, 0.15) is 0 Å². The van der Waals surface area contributed by atoms with Crippen molar-refractivity contribution in [1.82, 2.24) is 9.97 Å². The fraction of sp³-hybridized carbons (Fsp3) is 0.111. The zero-order valence-corrected chi connectivity index (χ0v) is 7.69. The molecule has 0 aliphatic heterocycles. The van der Waals surface area contributed by atoms with Crippen molar-refractivity contribution in [2.75, 3.05) is 12.4 Å². The third-order valence-electron chi connectivity index (χ3n) is 1.63. The van der Waals surface area contributed by atoms with Crippen molar-refractivity contribution in [1.29, 1.82) is 0 Å². The van der Waals surface area contributed by atoms with Gasteiger partial charge in [0.1, 0.15) is 0 Å². The Morgan fingerprint density at radius 3 is 2.71 bits per heavy atom. The molecule has 3 N–H and O–H groups in total. The lowest BCUT2D eigenvalue weighted by Gasteiger charge is -1.86. The van der Waals surface area contributed by atoms with Gasteiger partial charge in [-0.2, -0.15) is 0 Å². The number of nitrogens with one attached hydrogen (secondary N) is 2. The number of imidazole rings is 1. The Bertz CT molecular complexity index is 378.